The molecule has 0 bridgehead atoms. The molecular formula is C26H32N4O2. The van der Waals surface area contributed by atoms with Gasteiger partial charge in [-0.2, -0.15) is 0 Å². The maximum Gasteiger partial charge on any atom is 0.321 e. The Kier molecular flexibility index (Phi) is 6.02. The number of nitrogens with zero attached hydrogens (tertiary/aromatic N) is 1. The van der Waals surface area contributed by atoms with Gasteiger partial charge in [-0.05, 0) is 66.5 Å². The van der Waals surface area contributed by atoms with Gasteiger partial charge >= 0.3 is 12.1 Å². The van der Waals surface area contributed by atoms with Crippen molar-refractivity contribution in [2.75, 3.05) is 18.4 Å². The zero-order valence-electron chi connectivity index (χ0n) is 18.5. The lowest BCUT2D eigenvalue weighted by Gasteiger charge is -2.33. The molecule has 0 spiro atoms. The Morgan fingerprint density at radius 1 is 0.781 bits per heavy atom. The van der Waals surface area contributed by atoms with Gasteiger partial charge in [-0.3, -0.25) is 0 Å². The second kappa shape index (κ2) is 9.23. The molecule has 2 fully saturated rings. The lowest BCUT2D eigenvalue weighted by molar-refractivity contribution is 0.186. The van der Waals surface area contributed by atoms with Gasteiger partial charge < -0.3 is 20.9 Å². The maximum atomic E-state index is 12.8. The van der Waals surface area contributed by atoms with E-state index in [-0.39, 0.29) is 18.1 Å². The van der Waals surface area contributed by atoms with Gasteiger partial charge in [-0.1, -0.05) is 49.6 Å². The number of anilines is 1. The quantitative estimate of drug-likeness (QED) is 0.552. The summed E-state index contributed by atoms with van der Waals surface area (Å²) in [5, 5.41) is 9.29. The van der Waals surface area contributed by atoms with Crippen molar-refractivity contribution in [2.24, 2.45) is 0 Å². The first-order valence-corrected chi connectivity index (χ1v) is 12.0. The highest BCUT2D eigenvalue weighted by Gasteiger charge is 2.25. The highest BCUT2D eigenvalue weighted by Crippen LogP contribution is 2.37. The molecule has 6 heteroatoms. The molecule has 1 saturated heterocycles. The van der Waals surface area contributed by atoms with E-state index in [4.69, 9.17) is 0 Å². The minimum absolute atomic E-state index is 0.0565. The molecule has 1 aliphatic heterocycles. The van der Waals surface area contributed by atoms with Crippen LogP contribution in [0.2, 0.25) is 0 Å². The first-order chi connectivity index (χ1) is 15.7. The second-order valence-electron chi connectivity index (χ2n) is 9.35. The maximum absolute atomic E-state index is 12.8. The predicted octanol–water partition coefficient (Wildman–Crippen LogP) is 4.89. The highest BCUT2D eigenvalue weighted by atomic mass is 16.2. The fourth-order valence-corrected chi connectivity index (χ4v) is 5.31. The van der Waals surface area contributed by atoms with Gasteiger partial charge in [0.1, 0.15) is 0 Å². The lowest BCUT2D eigenvalue weighted by Crippen LogP contribution is -2.51. The number of fused-ring (bicyclic) bond motifs is 3. The minimum Gasteiger partial charge on any atom is -0.335 e. The van der Waals surface area contributed by atoms with Crippen LogP contribution in [0.4, 0.5) is 15.3 Å². The third kappa shape index (κ3) is 4.59. The van der Waals surface area contributed by atoms with E-state index in [9.17, 15) is 9.59 Å². The van der Waals surface area contributed by atoms with Crippen molar-refractivity contribution in [3.8, 4) is 11.1 Å². The van der Waals surface area contributed by atoms with Crippen LogP contribution in [-0.2, 0) is 6.42 Å². The molecule has 0 atom stereocenters. The summed E-state index contributed by atoms with van der Waals surface area (Å²) in [5.41, 5.74) is 6.00. The van der Waals surface area contributed by atoms with E-state index in [1.807, 2.05) is 11.0 Å². The van der Waals surface area contributed by atoms with E-state index in [1.54, 1.807) is 0 Å². The molecule has 32 heavy (non-hydrogen) atoms. The van der Waals surface area contributed by atoms with Gasteiger partial charge in [0.05, 0.1) is 0 Å². The molecule has 4 amide bonds. The first-order valence-electron chi connectivity index (χ1n) is 12.0. The zero-order valence-corrected chi connectivity index (χ0v) is 18.5. The number of urea groups is 2. The SMILES string of the molecule is O=C(NC1CCCCC1)NC1CCN(C(=O)Nc2ccc3c(c2)Cc2ccccc2-3)CC1. The van der Waals surface area contributed by atoms with Crippen molar-refractivity contribution in [2.45, 2.75) is 63.5 Å². The van der Waals surface area contributed by atoms with Gasteiger partial charge in [-0.25, -0.2) is 9.59 Å². The molecule has 2 aliphatic carbocycles. The number of rotatable bonds is 3. The van der Waals surface area contributed by atoms with Gasteiger partial charge in [0, 0.05) is 30.9 Å². The van der Waals surface area contributed by atoms with Crippen LogP contribution in [0.3, 0.4) is 0 Å². The van der Waals surface area contributed by atoms with Crippen molar-refractivity contribution in [3.05, 3.63) is 53.6 Å². The number of nitrogens with one attached hydrogen (secondary N) is 3. The molecule has 0 unspecified atom stereocenters. The lowest BCUT2D eigenvalue weighted by atomic mass is 9.96. The molecule has 2 aromatic rings. The van der Waals surface area contributed by atoms with Crippen molar-refractivity contribution < 1.29 is 9.59 Å². The largest absolute Gasteiger partial charge is 0.335 e. The van der Waals surface area contributed by atoms with E-state index in [2.05, 4.69) is 52.3 Å². The molecule has 2 aromatic carbocycles. The van der Waals surface area contributed by atoms with Crippen LogP contribution in [0.1, 0.15) is 56.1 Å². The Balaban J connectivity index is 1.10. The summed E-state index contributed by atoms with van der Waals surface area (Å²) in [4.78, 5) is 26.9. The number of carbonyl (C=O) groups excluding carboxylic acids is 2. The van der Waals surface area contributed by atoms with Crippen molar-refractivity contribution >= 4 is 17.7 Å². The van der Waals surface area contributed by atoms with E-state index >= 15 is 0 Å². The van der Waals surface area contributed by atoms with E-state index in [1.165, 1.54) is 41.5 Å². The number of benzene rings is 2. The van der Waals surface area contributed by atoms with Gasteiger partial charge in [-0.15, -0.1) is 0 Å². The molecule has 168 valence electrons. The summed E-state index contributed by atoms with van der Waals surface area (Å²) in [7, 11) is 0. The number of likely N-dealkylation sites (tertiary alicyclic amines) is 1. The number of piperidine rings is 1. The summed E-state index contributed by atoms with van der Waals surface area (Å²) < 4.78 is 0. The van der Waals surface area contributed by atoms with E-state index in [0.29, 0.717) is 19.1 Å². The van der Waals surface area contributed by atoms with Gasteiger partial charge in [0.25, 0.3) is 0 Å². The van der Waals surface area contributed by atoms with Crippen LogP contribution in [-0.4, -0.2) is 42.1 Å². The Morgan fingerprint density at radius 3 is 2.25 bits per heavy atom. The van der Waals surface area contributed by atoms with Crippen molar-refractivity contribution in [3.63, 3.8) is 0 Å². The van der Waals surface area contributed by atoms with Crippen LogP contribution < -0.4 is 16.0 Å². The minimum atomic E-state index is -0.0643. The molecular weight excluding hydrogens is 400 g/mol. The summed E-state index contributed by atoms with van der Waals surface area (Å²) >= 11 is 0. The number of carbonyl (C=O) groups is 2. The second-order valence-corrected chi connectivity index (χ2v) is 9.35. The summed E-state index contributed by atoms with van der Waals surface area (Å²) in [5.74, 6) is 0. The van der Waals surface area contributed by atoms with Crippen LogP contribution in [0.15, 0.2) is 42.5 Å². The fraction of sp³-hybridized carbons (Fsp3) is 0.462. The molecule has 6 nitrogen and oxygen atoms in total. The van der Waals surface area contributed by atoms with Crippen LogP contribution in [0, 0.1) is 0 Å². The zero-order chi connectivity index (χ0) is 21.9. The Bertz CT molecular complexity index is 991. The predicted molar refractivity (Wildman–Crippen MR) is 127 cm³/mol. The van der Waals surface area contributed by atoms with Crippen molar-refractivity contribution in [1.82, 2.24) is 15.5 Å². The monoisotopic (exact) mass is 432 g/mol. The molecule has 5 rings (SSSR count). The van der Waals surface area contributed by atoms with Gasteiger partial charge in [0.15, 0.2) is 0 Å². The smallest absolute Gasteiger partial charge is 0.321 e. The number of amides is 4. The first kappa shape index (κ1) is 20.9. The summed E-state index contributed by atoms with van der Waals surface area (Å²) in [6.07, 6.45) is 8.33. The average molecular weight is 433 g/mol. The summed E-state index contributed by atoms with van der Waals surface area (Å²) in [6.45, 7) is 1.30. The van der Waals surface area contributed by atoms with E-state index < -0.39 is 0 Å². The molecule has 1 heterocycles. The summed E-state index contributed by atoms with van der Waals surface area (Å²) in [6, 6.07) is 15.0. The molecule has 3 N–H and O–H groups in total. The Labute approximate surface area is 189 Å². The molecule has 0 aromatic heterocycles. The van der Waals surface area contributed by atoms with Crippen LogP contribution >= 0.6 is 0 Å². The Hall–Kier alpha value is -3.02. The van der Waals surface area contributed by atoms with Crippen molar-refractivity contribution in [1.29, 1.82) is 0 Å². The van der Waals surface area contributed by atoms with E-state index in [0.717, 1.165) is 37.8 Å². The van der Waals surface area contributed by atoms with Crippen LogP contribution in [0.5, 0.6) is 0 Å². The number of hydrogen-bond acceptors (Lipinski definition) is 2. The van der Waals surface area contributed by atoms with Crippen LogP contribution in [0.25, 0.3) is 11.1 Å². The molecule has 1 saturated carbocycles. The third-order valence-electron chi connectivity index (χ3n) is 7.10. The molecule has 3 aliphatic rings. The average Bonchev–Trinajstić information content (AvgIpc) is 3.18. The topological polar surface area (TPSA) is 73.5 Å². The molecule has 0 radical (unpaired) electrons. The van der Waals surface area contributed by atoms with Gasteiger partial charge in [0.2, 0.25) is 0 Å². The standard InChI is InChI=1S/C26H32N4O2/c31-25(27-20-7-2-1-3-8-20)28-21-12-14-30(15-13-21)26(32)29-22-10-11-24-19(17-22)16-18-6-4-5-9-23(18)24/h4-6,9-11,17,20-21H,1-3,7-8,12-16H2,(H,29,32)(H2,27,28,31). The highest BCUT2D eigenvalue weighted by molar-refractivity contribution is 5.90. The number of hydrogen-bond donors (Lipinski definition) is 3. The fourth-order valence-electron chi connectivity index (χ4n) is 5.31. The normalized spacial score (nSPS) is 18.6. The Morgan fingerprint density at radius 2 is 1.47 bits per heavy atom. The third-order valence-corrected chi connectivity index (χ3v) is 7.10.